The van der Waals surface area contributed by atoms with E-state index in [-0.39, 0.29) is 12.2 Å². The summed E-state index contributed by atoms with van der Waals surface area (Å²) in [6.07, 6.45) is 7.72. The Labute approximate surface area is 131 Å². The predicted molar refractivity (Wildman–Crippen MR) is 82.7 cm³/mol. The number of carbonyl (C=O) groups excluding carboxylic acids is 2. The van der Waals surface area contributed by atoms with E-state index in [0.29, 0.717) is 24.2 Å². The van der Waals surface area contributed by atoms with Gasteiger partial charge in [0.1, 0.15) is 11.5 Å². The molecule has 1 amide bonds. The number of carbonyl (C=O) groups is 2. The molecule has 0 aromatic carbocycles. The number of ketones is 1. The fraction of sp³-hybridized carbons (Fsp3) is 0.647. The molecule has 0 radical (unpaired) electrons. The summed E-state index contributed by atoms with van der Waals surface area (Å²) in [7, 11) is 1.56. The van der Waals surface area contributed by atoms with E-state index in [1.54, 1.807) is 13.2 Å². The Morgan fingerprint density at radius 3 is 2.82 bits per heavy atom. The summed E-state index contributed by atoms with van der Waals surface area (Å²) in [5.41, 5.74) is 5.01. The Morgan fingerprint density at radius 2 is 2.23 bits per heavy atom. The van der Waals surface area contributed by atoms with Gasteiger partial charge in [0.25, 0.3) is 0 Å². The van der Waals surface area contributed by atoms with E-state index in [0.717, 1.165) is 19.3 Å². The lowest BCUT2D eigenvalue weighted by Crippen LogP contribution is -2.59. The van der Waals surface area contributed by atoms with Crippen LogP contribution in [0.1, 0.15) is 52.4 Å². The molecular weight excluding hydrogens is 282 g/mol. The number of allylic oxidation sites excluding steroid dienone is 2. The summed E-state index contributed by atoms with van der Waals surface area (Å²) in [5.74, 6) is -1.04. The van der Waals surface area contributed by atoms with Gasteiger partial charge in [0.05, 0.1) is 11.0 Å². The first kappa shape index (κ1) is 16.7. The third-order valence-corrected chi connectivity index (χ3v) is 4.82. The van der Waals surface area contributed by atoms with Crippen molar-refractivity contribution in [1.29, 1.82) is 0 Å². The van der Waals surface area contributed by atoms with Crippen LogP contribution in [0.3, 0.4) is 0 Å². The van der Waals surface area contributed by atoms with Crippen LogP contribution in [0.4, 0.5) is 0 Å². The highest BCUT2D eigenvalue weighted by molar-refractivity contribution is 5.96. The quantitative estimate of drug-likeness (QED) is 0.846. The molecule has 5 heteroatoms. The molecule has 1 fully saturated rings. The van der Waals surface area contributed by atoms with E-state index < -0.39 is 17.1 Å². The molecule has 2 aliphatic rings. The largest absolute Gasteiger partial charge is 0.461 e. The number of Topliss-reactive ketones (excluding diaryl/α,β-unsaturated/α-hetero) is 1. The van der Waals surface area contributed by atoms with E-state index in [9.17, 15) is 9.59 Å². The molecule has 22 heavy (non-hydrogen) atoms. The van der Waals surface area contributed by atoms with Crippen molar-refractivity contribution >= 4 is 11.7 Å². The van der Waals surface area contributed by atoms with Crippen LogP contribution in [-0.2, 0) is 19.1 Å². The maximum atomic E-state index is 12.5. The second-order valence-electron chi connectivity index (χ2n) is 6.24. The maximum absolute atomic E-state index is 12.5. The fourth-order valence-corrected chi connectivity index (χ4v) is 3.39. The van der Waals surface area contributed by atoms with Crippen molar-refractivity contribution in [2.45, 2.75) is 58.2 Å². The van der Waals surface area contributed by atoms with Crippen LogP contribution in [0.15, 0.2) is 23.5 Å². The number of hydrogen-bond donors (Lipinski definition) is 1. The summed E-state index contributed by atoms with van der Waals surface area (Å²) in [4.78, 5) is 24.3. The molecule has 1 heterocycles. The number of ether oxygens (including phenoxy) is 2. The van der Waals surface area contributed by atoms with E-state index in [1.807, 2.05) is 13.0 Å². The average molecular weight is 307 g/mol. The minimum absolute atomic E-state index is 0.0657. The van der Waals surface area contributed by atoms with Gasteiger partial charge in [-0.05, 0) is 25.8 Å². The van der Waals surface area contributed by atoms with Crippen molar-refractivity contribution in [1.82, 2.24) is 0 Å². The number of hydrogen-bond acceptors (Lipinski definition) is 4. The van der Waals surface area contributed by atoms with Crippen LogP contribution in [-0.4, -0.2) is 24.6 Å². The Morgan fingerprint density at radius 1 is 1.50 bits per heavy atom. The molecule has 2 N–H and O–H groups in total. The first-order valence-corrected chi connectivity index (χ1v) is 7.87. The Hall–Kier alpha value is -1.62. The highest BCUT2D eigenvalue weighted by Crippen LogP contribution is 2.53. The van der Waals surface area contributed by atoms with Crippen LogP contribution < -0.4 is 5.73 Å². The first-order valence-electron chi connectivity index (χ1n) is 7.87. The van der Waals surface area contributed by atoms with Crippen LogP contribution in [0.2, 0.25) is 0 Å². The fourth-order valence-electron chi connectivity index (χ4n) is 3.39. The Kier molecular flexibility index (Phi) is 4.75. The summed E-state index contributed by atoms with van der Waals surface area (Å²) in [6.45, 7) is 3.89. The van der Waals surface area contributed by atoms with E-state index >= 15 is 0 Å². The second kappa shape index (κ2) is 6.24. The molecule has 1 saturated carbocycles. The molecular formula is C17H25NO4. The number of nitrogens with two attached hydrogens (primary N) is 1. The minimum atomic E-state index is -1.01. The van der Waals surface area contributed by atoms with Gasteiger partial charge < -0.3 is 15.2 Å². The third kappa shape index (κ3) is 2.58. The normalized spacial score (nSPS) is 32.0. The van der Waals surface area contributed by atoms with Gasteiger partial charge in [-0.3, -0.25) is 9.59 Å². The number of amides is 1. The van der Waals surface area contributed by atoms with Gasteiger partial charge in [-0.1, -0.05) is 19.4 Å². The molecule has 2 unspecified atom stereocenters. The van der Waals surface area contributed by atoms with Crippen molar-refractivity contribution in [3.8, 4) is 0 Å². The Balaban J connectivity index is 2.48. The van der Waals surface area contributed by atoms with Crippen LogP contribution in [0.25, 0.3) is 0 Å². The summed E-state index contributed by atoms with van der Waals surface area (Å²) in [5, 5.41) is 0. The molecule has 0 saturated heterocycles. The van der Waals surface area contributed by atoms with E-state index in [2.05, 4.69) is 6.92 Å². The number of primary amides is 1. The number of rotatable bonds is 5. The molecule has 0 spiro atoms. The lowest BCUT2D eigenvalue weighted by molar-refractivity contribution is -0.275. The predicted octanol–water partition coefficient (Wildman–Crippen LogP) is 2.60. The topological polar surface area (TPSA) is 78.6 Å². The van der Waals surface area contributed by atoms with Gasteiger partial charge in [0.2, 0.25) is 11.7 Å². The van der Waals surface area contributed by atoms with Gasteiger partial charge in [0.15, 0.2) is 0 Å². The van der Waals surface area contributed by atoms with Crippen LogP contribution in [0, 0.1) is 5.41 Å². The summed E-state index contributed by atoms with van der Waals surface area (Å²) in [6, 6.07) is 0. The number of methoxy groups -OCH3 is 1. The molecule has 122 valence electrons. The van der Waals surface area contributed by atoms with Crippen LogP contribution >= 0.6 is 0 Å². The Bertz CT molecular complexity index is 537. The van der Waals surface area contributed by atoms with Gasteiger partial charge in [-0.25, -0.2) is 0 Å². The molecule has 5 nitrogen and oxygen atoms in total. The second-order valence-corrected chi connectivity index (χ2v) is 6.24. The van der Waals surface area contributed by atoms with Gasteiger partial charge in [-0.15, -0.1) is 0 Å². The third-order valence-electron chi connectivity index (χ3n) is 4.82. The first-order chi connectivity index (χ1) is 10.4. The number of fused-ring (bicyclic) bond motifs is 1. The minimum Gasteiger partial charge on any atom is -0.461 e. The van der Waals surface area contributed by atoms with Crippen molar-refractivity contribution in [3.63, 3.8) is 0 Å². The maximum Gasteiger partial charge on any atom is 0.248 e. The summed E-state index contributed by atoms with van der Waals surface area (Å²) >= 11 is 0. The molecule has 2 atom stereocenters. The van der Waals surface area contributed by atoms with Gasteiger partial charge in [-0.2, -0.15) is 0 Å². The molecule has 1 aliphatic carbocycles. The molecule has 1 aliphatic heterocycles. The van der Waals surface area contributed by atoms with E-state index in [4.69, 9.17) is 15.2 Å². The SMILES string of the molecule is CCC/C=C/C1=C(C(N)=O)CC2(C)C(=O)CCCC2(OC)O1. The van der Waals surface area contributed by atoms with E-state index in [1.165, 1.54) is 0 Å². The standard InChI is InChI=1S/C17H25NO4/c1-4-5-6-8-13-12(15(18)20)11-16(2)14(19)9-7-10-17(16,21-3)22-13/h6,8H,4-5,7,9-11H2,1-3H3,(H2,18,20)/b8-6+. The molecule has 0 aromatic rings. The zero-order valence-corrected chi connectivity index (χ0v) is 13.6. The zero-order chi connectivity index (χ0) is 16.4. The lowest BCUT2D eigenvalue weighted by Gasteiger charge is -2.51. The lowest BCUT2D eigenvalue weighted by atomic mass is 9.64. The monoisotopic (exact) mass is 307 g/mol. The summed E-state index contributed by atoms with van der Waals surface area (Å²) < 4.78 is 11.7. The van der Waals surface area contributed by atoms with Crippen molar-refractivity contribution in [2.75, 3.05) is 7.11 Å². The highest BCUT2D eigenvalue weighted by Gasteiger charge is 2.60. The van der Waals surface area contributed by atoms with Gasteiger partial charge in [0, 0.05) is 26.4 Å². The smallest absolute Gasteiger partial charge is 0.248 e. The van der Waals surface area contributed by atoms with Gasteiger partial charge >= 0.3 is 0 Å². The molecule has 0 aromatic heterocycles. The average Bonchev–Trinajstić information content (AvgIpc) is 2.48. The van der Waals surface area contributed by atoms with Crippen LogP contribution in [0.5, 0.6) is 0 Å². The van der Waals surface area contributed by atoms with Crippen molar-refractivity contribution in [2.24, 2.45) is 11.1 Å². The highest BCUT2D eigenvalue weighted by atomic mass is 16.7. The zero-order valence-electron chi connectivity index (χ0n) is 13.6. The molecule has 2 rings (SSSR count). The van der Waals surface area contributed by atoms with Crippen molar-refractivity contribution in [3.05, 3.63) is 23.5 Å². The molecule has 0 bridgehead atoms. The number of unbranched alkanes of at least 4 members (excludes halogenated alkanes) is 1. The van der Waals surface area contributed by atoms with Crippen molar-refractivity contribution < 1.29 is 19.1 Å².